The molecule has 7 nitrogen and oxygen atoms in total. The molecule has 0 heterocycles. The van der Waals surface area contributed by atoms with Crippen molar-refractivity contribution in [2.75, 3.05) is 0 Å². The number of rotatable bonds is 4. The van der Waals surface area contributed by atoms with Gasteiger partial charge in [-0.15, -0.1) is 0 Å². The maximum Gasteiger partial charge on any atom is 0.662 e. The lowest BCUT2D eigenvalue weighted by atomic mass is 10.1. The summed E-state index contributed by atoms with van der Waals surface area (Å²) in [5.74, 6) is 0. The van der Waals surface area contributed by atoms with Gasteiger partial charge in [-0.1, -0.05) is 0 Å². The van der Waals surface area contributed by atoms with E-state index in [2.05, 4.69) is 9.69 Å². The number of nitrogens with zero attached hydrogens (tertiary/aromatic N) is 3. The normalized spacial score (nSPS) is 9.46. The zero-order valence-electron chi connectivity index (χ0n) is 6.34. The fourth-order valence-electron chi connectivity index (χ4n) is 0.407. The van der Waals surface area contributed by atoms with Crippen LogP contribution in [0.5, 0.6) is 0 Å². The van der Waals surface area contributed by atoms with Gasteiger partial charge in [0.25, 0.3) is 5.60 Å². The van der Waals surface area contributed by atoms with Crippen LogP contribution in [0.3, 0.4) is 0 Å². The first-order valence-corrected chi connectivity index (χ1v) is 3.00. The average molecular weight is 181 g/mol. The molecule has 0 unspecified atom stereocenters. The molecular formula is C5H4BN3O4. The van der Waals surface area contributed by atoms with Gasteiger partial charge >= 0.3 is 7.32 Å². The predicted octanol–water partition coefficient (Wildman–Crippen LogP) is -1.40. The summed E-state index contributed by atoms with van der Waals surface area (Å²) in [5, 5.41) is 41.4. The molecule has 0 saturated carbocycles. The highest BCUT2D eigenvalue weighted by Crippen LogP contribution is 2.13. The molecule has 0 saturated heterocycles. The van der Waals surface area contributed by atoms with Crippen LogP contribution in [0, 0.1) is 34.0 Å². The minimum absolute atomic E-state index is 0.563. The SMILES string of the molecule is N#CCC(C#N)(C#N)OOB(O)O. The van der Waals surface area contributed by atoms with Gasteiger partial charge < -0.3 is 10.0 Å². The van der Waals surface area contributed by atoms with Gasteiger partial charge in [-0.3, -0.25) is 0 Å². The van der Waals surface area contributed by atoms with Crippen LogP contribution in [-0.4, -0.2) is 23.0 Å². The molecule has 0 radical (unpaired) electrons. The van der Waals surface area contributed by atoms with Crippen LogP contribution < -0.4 is 0 Å². The van der Waals surface area contributed by atoms with Crippen LogP contribution in [0.15, 0.2) is 0 Å². The fraction of sp³-hybridized carbons (Fsp3) is 0.400. The van der Waals surface area contributed by atoms with Gasteiger partial charge in [0.05, 0.1) is 12.5 Å². The Bertz CT molecular complexity index is 272. The fourth-order valence-corrected chi connectivity index (χ4v) is 0.407. The average Bonchev–Trinajstić information content (AvgIpc) is 2.12. The highest BCUT2D eigenvalue weighted by Gasteiger charge is 2.34. The van der Waals surface area contributed by atoms with Gasteiger partial charge in [-0.2, -0.15) is 15.8 Å². The first-order valence-electron chi connectivity index (χ1n) is 3.00. The van der Waals surface area contributed by atoms with Crippen molar-refractivity contribution < 1.29 is 19.7 Å². The Morgan fingerprint density at radius 3 is 2.08 bits per heavy atom. The van der Waals surface area contributed by atoms with Gasteiger partial charge in [0.2, 0.25) is 0 Å². The van der Waals surface area contributed by atoms with Gasteiger partial charge in [-0.05, 0) is 0 Å². The van der Waals surface area contributed by atoms with E-state index in [1.807, 2.05) is 0 Å². The largest absolute Gasteiger partial charge is 0.662 e. The van der Waals surface area contributed by atoms with Crippen molar-refractivity contribution >= 4 is 7.32 Å². The van der Waals surface area contributed by atoms with Crippen LogP contribution in [0.1, 0.15) is 6.42 Å². The Kier molecular flexibility index (Phi) is 4.46. The Morgan fingerprint density at radius 1 is 1.23 bits per heavy atom. The molecule has 0 amide bonds. The Morgan fingerprint density at radius 2 is 1.77 bits per heavy atom. The number of hydrogen-bond acceptors (Lipinski definition) is 7. The van der Waals surface area contributed by atoms with Crippen LogP contribution >= 0.6 is 0 Å². The van der Waals surface area contributed by atoms with Crippen molar-refractivity contribution in [3.8, 4) is 18.2 Å². The van der Waals surface area contributed by atoms with Gasteiger partial charge in [0, 0.05) is 0 Å². The molecule has 0 aromatic rings. The monoisotopic (exact) mass is 181 g/mol. The summed E-state index contributed by atoms with van der Waals surface area (Å²) < 4.78 is 0. The van der Waals surface area contributed by atoms with Crippen LogP contribution in [0.4, 0.5) is 0 Å². The zero-order valence-corrected chi connectivity index (χ0v) is 6.34. The first-order chi connectivity index (χ1) is 6.10. The highest BCUT2D eigenvalue weighted by atomic mass is 17.2. The third-order valence-electron chi connectivity index (χ3n) is 0.966. The van der Waals surface area contributed by atoms with E-state index in [0.29, 0.717) is 0 Å². The maximum atomic E-state index is 8.43. The molecule has 2 N–H and O–H groups in total. The lowest BCUT2D eigenvalue weighted by molar-refractivity contribution is -0.277. The molecule has 8 heteroatoms. The summed E-state index contributed by atoms with van der Waals surface area (Å²) in [7, 11) is -2.26. The Balaban J connectivity index is 4.37. The Labute approximate surface area is 74.0 Å². The van der Waals surface area contributed by atoms with Crippen molar-refractivity contribution in [2.24, 2.45) is 0 Å². The minimum atomic E-state index is -2.26. The molecule has 66 valence electrons. The summed E-state index contributed by atoms with van der Waals surface area (Å²) >= 11 is 0. The third kappa shape index (κ3) is 3.52. The van der Waals surface area contributed by atoms with E-state index < -0.39 is 19.3 Å². The smallest absolute Gasteiger partial charge is 0.400 e. The van der Waals surface area contributed by atoms with E-state index in [-0.39, 0.29) is 0 Å². The molecule has 0 aliphatic heterocycles. The molecule has 0 bridgehead atoms. The zero-order chi connectivity index (χ0) is 10.3. The molecule has 0 aliphatic rings. The molecule has 0 rings (SSSR count). The highest BCUT2D eigenvalue weighted by molar-refractivity contribution is 6.32. The molecule has 0 aromatic carbocycles. The van der Waals surface area contributed by atoms with Crippen LogP contribution in [0.2, 0.25) is 0 Å². The van der Waals surface area contributed by atoms with Crippen molar-refractivity contribution in [2.45, 2.75) is 12.0 Å². The van der Waals surface area contributed by atoms with Crippen molar-refractivity contribution in [1.82, 2.24) is 0 Å². The predicted molar refractivity (Wildman–Crippen MR) is 36.5 cm³/mol. The summed E-state index contributed by atoms with van der Waals surface area (Å²) in [6.07, 6.45) is -0.563. The van der Waals surface area contributed by atoms with Crippen molar-refractivity contribution in [3.63, 3.8) is 0 Å². The van der Waals surface area contributed by atoms with E-state index in [1.165, 1.54) is 18.2 Å². The molecule has 0 aromatic heterocycles. The van der Waals surface area contributed by atoms with E-state index in [4.69, 9.17) is 25.8 Å². The quantitative estimate of drug-likeness (QED) is 0.309. The van der Waals surface area contributed by atoms with E-state index >= 15 is 0 Å². The van der Waals surface area contributed by atoms with Crippen LogP contribution in [-0.2, 0) is 9.69 Å². The lowest BCUT2D eigenvalue weighted by Gasteiger charge is -2.13. The standard InChI is InChI=1S/C5H4BN3O4/c7-2-1-5(3-8,4-9)12-13-6(10)11/h10-11H,1H2. The second kappa shape index (κ2) is 5.10. The van der Waals surface area contributed by atoms with E-state index in [1.54, 1.807) is 0 Å². The molecular weight excluding hydrogens is 177 g/mol. The minimum Gasteiger partial charge on any atom is -0.400 e. The maximum absolute atomic E-state index is 8.43. The molecule has 0 aliphatic carbocycles. The topological polar surface area (TPSA) is 130 Å². The third-order valence-corrected chi connectivity index (χ3v) is 0.966. The van der Waals surface area contributed by atoms with Gasteiger partial charge in [0.15, 0.2) is 0 Å². The second-order valence-corrected chi connectivity index (χ2v) is 1.89. The van der Waals surface area contributed by atoms with E-state index in [0.717, 1.165) is 0 Å². The summed E-state index contributed by atoms with van der Waals surface area (Å²) in [6, 6.07) is 4.26. The van der Waals surface area contributed by atoms with E-state index in [9.17, 15) is 0 Å². The number of nitriles is 3. The summed E-state index contributed by atoms with van der Waals surface area (Å²) in [4.78, 5) is 7.84. The molecule has 0 spiro atoms. The Hall–Kier alpha value is -1.63. The van der Waals surface area contributed by atoms with Crippen molar-refractivity contribution in [3.05, 3.63) is 0 Å². The summed E-state index contributed by atoms with van der Waals surface area (Å²) in [6.45, 7) is 0. The second-order valence-electron chi connectivity index (χ2n) is 1.89. The van der Waals surface area contributed by atoms with Crippen LogP contribution in [0.25, 0.3) is 0 Å². The van der Waals surface area contributed by atoms with Gasteiger partial charge in [0.1, 0.15) is 12.1 Å². The molecule has 0 atom stereocenters. The first kappa shape index (κ1) is 11.4. The lowest BCUT2D eigenvalue weighted by Crippen LogP contribution is -2.32. The van der Waals surface area contributed by atoms with Crippen molar-refractivity contribution in [1.29, 1.82) is 15.8 Å². The van der Waals surface area contributed by atoms with Gasteiger partial charge in [-0.25, -0.2) is 9.69 Å². The molecule has 13 heavy (non-hydrogen) atoms. The molecule has 0 fully saturated rings. The summed E-state index contributed by atoms with van der Waals surface area (Å²) in [5.41, 5.74) is -2.13. The number of hydrogen-bond donors (Lipinski definition) is 2.